The van der Waals surface area contributed by atoms with Gasteiger partial charge in [-0.25, -0.2) is 0 Å². The first-order chi connectivity index (χ1) is 4.00. The normalized spacial score (nSPS) is 12.7. The fourth-order valence-corrected chi connectivity index (χ4v) is 0.428. The molecule has 0 aliphatic rings. The number of nitrogens with two attached hydrogens (primary N) is 2. The van der Waals surface area contributed by atoms with Crippen molar-refractivity contribution >= 4 is 0 Å². The summed E-state index contributed by atoms with van der Waals surface area (Å²) < 4.78 is 5.17. The van der Waals surface area contributed by atoms with Gasteiger partial charge in [0.25, 0.3) is 0 Å². The predicted molar refractivity (Wildman–Crippen MR) is 35.9 cm³/mol. The van der Waals surface area contributed by atoms with Gasteiger partial charge in [-0.2, -0.15) is 5.12 Å². The monoisotopic (exact) mass is 133 g/mol. The van der Waals surface area contributed by atoms with Gasteiger partial charge >= 0.3 is 0 Å². The Hall–Kier alpha value is -0.160. The summed E-state index contributed by atoms with van der Waals surface area (Å²) in [6.07, 6.45) is 0. The van der Waals surface area contributed by atoms with Crippen molar-refractivity contribution in [2.45, 2.75) is 26.5 Å². The first kappa shape index (κ1) is 8.84. The molecule has 0 fully saturated rings. The van der Waals surface area contributed by atoms with Crippen LogP contribution in [-0.2, 0) is 4.74 Å². The Bertz CT molecular complexity index is 82.3. The zero-order valence-electron chi connectivity index (χ0n) is 6.22. The van der Waals surface area contributed by atoms with E-state index in [9.17, 15) is 0 Å². The molecule has 0 bridgehead atoms. The Balaban J connectivity index is 3.70. The first-order valence-corrected chi connectivity index (χ1v) is 2.94. The average Bonchev–Trinajstić information content (AvgIpc) is 1.65. The molecule has 0 unspecified atom stereocenters. The average molecular weight is 133 g/mol. The van der Waals surface area contributed by atoms with E-state index in [0.29, 0.717) is 6.61 Å². The minimum absolute atomic E-state index is 0.561. The van der Waals surface area contributed by atoms with Crippen LogP contribution in [0.4, 0.5) is 0 Å². The van der Waals surface area contributed by atoms with Crippen LogP contribution in [0.3, 0.4) is 0 Å². The molecule has 4 N–H and O–H groups in total. The molecular formula is C5H15N3O. The number of hydrogen-bond acceptors (Lipinski definition) is 4. The van der Waals surface area contributed by atoms with Crippen LogP contribution >= 0.6 is 0 Å². The van der Waals surface area contributed by atoms with Crippen LogP contribution in [0.15, 0.2) is 0 Å². The molecule has 56 valence electrons. The van der Waals surface area contributed by atoms with Crippen molar-refractivity contribution in [1.82, 2.24) is 5.12 Å². The number of hydrogen-bond donors (Lipinski definition) is 2. The Labute approximate surface area is 55.7 Å². The molecule has 0 amide bonds. The van der Waals surface area contributed by atoms with E-state index >= 15 is 0 Å². The van der Waals surface area contributed by atoms with E-state index in [1.54, 1.807) is 13.8 Å². The lowest BCUT2D eigenvalue weighted by Crippen LogP contribution is -2.54. The maximum Gasteiger partial charge on any atom is 0.142 e. The van der Waals surface area contributed by atoms with Crippen LogP contribution < -0.4 is 11.7 Å². The second-order valence-electron chi connectivity index (χ2n) is 2.29. The third-order valence-corrected chi connectivity index (χ3v) is 1.12. The molecule has 0 aromatic heterocycles. The van der Waals surface area contributed by atoms with Gasteiger partial charge in [0, 0.05) is 6.61 Å². The molecule has 0 saturated heterocycles. The quantitative estimate of drug-likeness (QED) is 0.318. The van der Waals surface area contributed by atoms with E-state index in [1.807, 2.05) is 6.92 Å². The zero-order valence-corrected chi connectivity index (χ0v) is 6.22. The van der Waals surface area contributed by atoms with E-state index in [4.69, 9.17) is 16.4 Å². The summed E-state index contributed by atoms with van der Waals surface area (Å²) in [5, 5.41) is 1.05. The van der Waals surface area contributed by atoms with E-state index in [-0.39, 0.29) is 0 Å². The molecule has 4 nitrogen and oxygen atoms in total. The van der Waals surface area contributed by atoms with Crippen LogP contribution in [0, 0.1) is 0 Å². The van der Waals surface area contributed by atoms with Gasteiger partial charge in [-0.15, -0.1) is 0 Å². The molecular weight excluding hydrogens is 118 g/mol. The molecule has 4 heteroatoms. The highest BCUT2D eigenvalue weighted by atomic mass is 16.5. The van der Waals surface area contributed by atoms with Crippen molar-refractivity contribution in [3.8, 4) is 0 Å². The van der Waals surface area contributed by atoms with Gasteiger partial charge in [0.15, 0.2) is 0 Å². The molecule has 0 aliphatic carbocycles. The standard InChI is InChI=1S/C5H15N3O/c1-4-9-5(2,3)8(6)7/h4,6-7H2,1-3H3. The summed E-state index contributed by atoms with van der Waals surface area (Å²) in [5.41, 5.74) is -0.561. The predicted octanol–water partition coefficient (Wildman–Crippen LogP) is -0.192. The highest BCUT2D eigenvalue weighted by Crippen LogP contribution is 2.06. The molecule has 0 aliphatic heterocycles. The lowest BCUT2D eigenvalue weighted by atomic mass is 10.3. The Morgan fingerprint density at radius 3 is 2.00 bits per heavy atom. The third-order valence-electron chi connectivity index (χ3n) is 1.12. The maximum atomic E-state index is 5.24. The Morgan fingerprint density at radius 1 is 1.44 bits per heavy atom. The summed E-state index contributed by atoms with van der Waals surface area (Å²) in [6, 6.07) is 0. The van der Waals surface area contributed by atoms with E-state index in [0.717, 1.165) is 5.12 Å². The van der Waals surface area contributed by atoms with E-state index in [2.05, 4.69) is 0 Å². The minimum Gasteiger partial charge on any atom is -0.359 e. The van der Waals surface area contributed by atoms with Crippen molar-refractivity contribution in [1.29, 1.82) is 0 Å². The molecule has 0 atom stereocenters. The van der Waals surface area contributed by atoms with Gasteiger partial charge in [0.05, 0.1) is 0 Å². The maximum absolute atomic E-state index is 5.24. The molecule has 0 radical (unpaired) electrons. The summed E-state index contributed by atoms with van der Waals surface area (Å²) >= 11 is 0. The van der Waals surface area contributed by atoms with Crippen LogP contribution in [0.1, 0.15) is 20.8 Å². The summed E-state index contributed by atoms with van der Waals surface area (Å²) in [7, 11) is 0. The van der Waals surface area contributed by atoms with E-state index < -0.39 is 5.72 Å². The summed E-state index contributed by atoms with van der Waals surface area (Å²) in [4.78, 5) is 0. The lowest BCUT2D eigenvalue weighted by Gasteiger charge is -2.30. The molecule has 0 aromatic rings. The van der Waals surface area contributed by atoms with Gasteiger partial charge in [-0.3, -0.25) is 11.7 Å². The number of ether oxygens (including phenoxy) is 1. The lowest BCUT2D eigenvalue weighted by molar-refractivity contribution is -0.131. The smallest absolute Gasteiger partial charge is 0.142 e. The molecule has 0 spiro atoms. The van der Waals surface area contributed by atoms with Gasteiger partial charge in [-0.1, -0.05) is 0 Å². The number of nitrogens with zero attached hydrogens (tertiary/aromatic N) is 1. The Morgan fingerprint density at radius 2 is 1.89 bits per heavy atom. The molecule has 0 heterocycles. The Kier molecular flexibility index (Phi) is 3.07. The topological polar surface area (TPSA) is 64.5 Å². The minimum atomic E-state index is -0.561. The van der Waals surface area contributed by atoms with Gasteiger partial charge < -0.3 is 4.74 Å². The molecule has 0 aromatic carbocycles. The van der Waals surface area contributed by atoms with Crippen molar-refractivity contribution < 1.29 is 4.74 Å². The number of hydrazine groups is 2. The molecule has 9 heavy (non-hydrogen) atoms. The fourth-order valence-electron chi connectivity index (χ4n) is 0.428. The third kappa shape index (κ3) is 2.76. The molecule has 0 saturated carbocycles. The van der Waals surface area contributed by atoms with Crippen molar-refractivity contribution in [3.05, 3.63) is 0 Å². The van der Waals surface area contributed by atoms with Crippen molar-refractivity contribution in [2.75, 3.05) is 6.61 Å². The second-order valence-corrected chi connectivity index (χ2v) is 2.29. The highest BCUT2D eigenvalue weighted by molar-refractivity contribution is 4.59. The first-order valence-electron chi connectivity index (χ1n) is 2.94. The van der Waals surface area contributed by atoms with E-state index in [1.165, 1.54) is 0 Å². The highest BCUT2D eigenvalue weighted by Gasteiger charge is 2.20. The number of rotatable bonds is 3. The van der Waals surface area contributed by atoms with Crippen LogP contribution in [0.25, 0.3) is 0 Å². The van der Waals surface area contributed by atoms with Crippen LogP contribution in [0.5, 0.6) is 0 Å². The summed E-state index contributed by atoms with van der Waals surface area (Å²) in [6.45, 7) is 6.11. The molecule has 0 rings (SSSR count). The van der Waals surface area contributed by atoms with Gasteiger partial charge in [-0.05, 0) is 20.8 Å². The summed E-state index contributed by atoms with van der Waals surface area (Å²) in [5.74, 6) is 10.5. The van der Waals surface area contributed by atoms with Crippen LogP contribution in [0.2, 0.25) is 0 Å². The second kappa shape index (κ2) is 3.12. The van der Waals surface area contributed by atoms with Gasteiger partial charge in [0.2, 0.25) is 0 Å². The van der Waals surface area contributed by atoms with Crippen molar-refractivity contribution in [3.63, 3.8) is 0 Å². The van der Waals surface area contributed by atoms with Crippen LogP contribution in [-0.4, -0.2) is 17.4 Å². The SMILES string of the molecule is CCOC(C)(C)N(N)N. The van der Waals surface area contributed by atoms with Gasteiger partial charge in [0.1, 0.15) is 5.72 Å². The van der Waals surface area contributed by atoms with Crippen molar-refractivity contribution in [2.24, 2.45) is 11.7 Å². The zero-order chi connectivity index (χ0) is 7.49. The fraction of sp³-hybridized carbons (Fsp3) is 1.00. The largest absolute Gasteiger partial charge is 0.359 e.